The topological polar surface area (TPSA) is 75.6 Å². The quantitative estimate of drug-likeness (QED) is 0.649. The van der Waals surface area contributed by atoms with Gasteiger partial charge in [0.2, 0.25) is 5.91 Å². The van der Waals surface area contributed by atoms with Crippen LogP contribution < -0.4 is 5.32 Å². The van der Waals surface area contributed by atoms with Crippen molar-refractivity contribution in [2.45, 2.75) is 56.1 Å². The van der Waals surface area contributed by atoms with Crippen molar-refractivity contribution in [3.05, 3.63) is 30.5 Å². The van der Waals surface area contributed by atoms with Crippen LogP contribution in [-0.2, 0) is 4.79 Å². The number of thioether (sulfide) groups is 1. The fraction of sp³-hybridized carbons (Fsp3) is 0.421. The van der Waals surface area contributed by atoms with E-state index in [0.717, 1.165) is 40.3 Å². The van der Waals surface area contributed by atoms with Crippen LogP contribution in [0.25, 0.3) is 22.3 Å². The van der Waals surface area contributed by atoms with Gasteiger partial charge in [0, 0.05) is 34.7 Å². The van der Waals surface area contributed by atoms with Crippen LogP contribution in [0.5, 0.6) is 0 Å². The predicted octanol–water partition coefficient (Wildman–Crippen LogP) is 3.77. The zero-order valence-electron chi connectivity index (χ0n) is 15.2. The SMILES string of the molecule is CC(C)NC(=O)[C@H](C)Sc1nnc(-c2c[nH]c3ccccc23)n1C1CC1. The second-order valence-electron chi connectivity index (χ2n) is 7.08. The monoisotopic (exact) mass is 369 g/mol. The van der Waals surface area contributed by atoms with Crippen molar-refractivity contribution in [2.24, 2.45) is 0 Å². The van der Waals surface area contributed by atoms with Crippen LogP contribution in [0.3, 0.4) is 0 Å². The van der Waals surface area contributed by atoms with E-state index in [1.165, 1.54) is 11.8 Å². The number of H-pyrrole nitrogens is 1. The molecule has 1 amide bonds. The van der Waals surface area contributed by atoms with Gasteiger partial charge in [-0.1, -0.05) is 30.0 Å². The number of hydrogen-bond acceptors (Lipinski definition) is 4. The number of nitrogens with one attached hydrogen (secondary N) is 2. The van der Waals surface area contributed by atoms with E-state index in [-0.39, 0.29) is 17.2 Å². The number of nitrogens with zero attached hydrogens (tertiary/aromatic N) is 3. The van der Waals surface area contributed by atoms with Gasteiger partial charge in [-0.15, -0.1) is 10.2 Å². The molecule has 0 bridgehead atoms. The predicted molar refractivity (Wildman–Crippen MR) is 104 cm³/mol. The molecule has 0 aliphatic heterocycles. The van der Waals surface area contributed by atoms with E-state index in [4.69, 9.17) is 0 Å². The standard InChI is InChI=1S/C19H23N5OS/c1-11(2)21-18(25)12(3)26-19-23-22-17(24(19)13-8-9-13)15-10-20-16-7-5-4-6-14(15)16/h4-7,10-13,20H,8-9H2,1-3H3,(H,21,25)/t12-/m0/s1. The van der Waals surface area contributed by atoms with Crippen LogP contribution >= 0.6 is 11.8 Å². The van der Waals surface area contributed by atoms with Crippen molar-refractivity contribution >= 4 is 28.6 Å². The summed E-state index contributed by atoms with van der Waals surface area (Å²) in [5, 5.41) is 13.6. The molecule has 2 aromatic heterocycles. The van der Waals surface area contributed by atoms with Gasteiger partial charge in [-0.2, -0.15) is 0 Å². The molecule has 1 atom stereocenters. The van der Waals surface area contributed by atoms with Crippen LogP contribution in [0.4, 0.5) is 0 Å². The first kappa shape index (κ1) is 17.1. The Labute approximate surface area is 156 Å². The lowest BCUT2D eigenvalue weighted by atomic mass is 10.1. The molecule has 1 aliphatic carbocycles. The fourth-order valence-electron chi connectivity index (χ4n) is 3.07. The smallest absolute Gasteiger partial charge is 0.233 e. The molecule has 4 rings (SSSR count). The number of amides is 1. The number of rotatable bonds is 6. The van der Waals surface area contributed by atoms with E-state index in [2.05, 4.69) is 37.2 Å². The van der Waals surface area contributed by atoms with Gasteiger partial charge >= 0.3 is 0 Å². The Morgan fingerprint density at radius 3 is 2.77 bits per heavy atom. The van der Waals surface area contributed by atoms with Gasteiger partial charge in [0.05, 0.1) is 5.25 Å². The highest BCUT2D eigenvalue weighted by Gasteiger charge is 2.32. The minimum Gasteiger partial charge on any atom is -0.360 e. The molecular weight excluding hydrogens is 346 g/mol. The van der Waals surface area contributed by atoms with Crippen LogP contribution in [-0.4, -0.2) is 36.9 Å². The number of aromatic nitrogens is 4. The van der Waals surface area contributed by atoms with E-state index in [9.17, 15) is 4.79 Å². The Hall–Kier alpha value is -2.28. The first-order valence-corrected chi connectivity index (χ1v) is 9.91. The van der Waals surface area contributed by atoms with Gasteiger partial charge in [-0.3, -0.25) is 9.36 Å². The van der Waals surface area contributed by atoms with E-state index < -0.39 is 0 Å². The first-order valence-electron chi connectivity index (χ1n) is 9.03. The van der Waals surface area contributed by atoms with Gasteiger partial charge in [0.15, 0.2) is 11.0 Å². The maximum atomic E-state index is 12.3. The number of fused-ring (bicyclic) bond motifs is 1. The number of para-hydroxylation sites is 1. The maximum absolute atomic E-state index is 12.3. The minimum atomic E-state index is -0.213. The van der Waals surface area contributed by atoms with E-state index in [1.807, 2.05) is 39.1 Å². The van der Waals surface area contributed by atoms with Gasteiger partial charge in [0.1, 0.15) is 0 Å². The van der Waals surface area contributed by atoms with Crippen molar-refractivity contribution in [2.75, 3.05) is 0 Å². The lowest BCUT2D eigenvalue weighted by molar-refractivity contribution is -0.120. The molecular formula is C19H23N5OS. The molecule has 7 heteroatoms. The summed E-state index contributed by atoms with van der Waals surface area (Å²) in [4.78, 5) is 15.6. The maximum Gasteiger partial charge on any atom is 0.233 e. The lowest BCUT2D eigenvalue weighted by Gasteiger charge is -2.14. The van der Waals surface area contributed by atoms with Gasteiger partial charge in [0.25, 0.3) is 0 Å². The Morgan fingerprint density at radius 2 is 2.04 bits per heavy atom. The molecule has 0 radical (unpaired) electrons. The third-order valence-electron chi connectivity index (χ3n) is 4.49. The summed E-state index contributed by atoms with van der Waals surface area (Å²) in [5.74, 6) is 0.910. The fourth-order valence-corrected chi connectivity index (χ4v) is 4.00. The van der Waals surface area contributed by atoms with Gasteiger partial charge in [-0.25, -0.2) is 0 Å². The molecule has 1 fully saturated rings. The summed E-state index contributed by atoms with van der Waals surface area (Å²) in [7, 11) is 0. The third-order valence-corrected chi connectivity index (χ3v) is 5.55. The van der Waals surface area contributed by atoms with E-state index in [0.29, 0.717) is 6.04 Å². The number of hydrogen-bond donors (Lipinski definition) is 2. The molecule has 0 unspecified atom stereocenters. The number of aromatic amines is 1. The molecule has 3 aromatic rings. The second-order valence-corrected chi connectivity index (χ2v) is 8.39. The van der Waals surface area contributed by atoms with E-state index in [1.54, 1.807) is 0 Å². The van der Waals surface area contributed by atoms with Crippen LogP contribution in [0, 0.1) is 0 Å². The summed E-state index contributed by atoms with van der Waals surface area (Å²) in [6.45, 7) is 5.86. The summed E-state index contributed by atoms with van der Waals surface area (Å²) in [6.07, 6.45) is 4.26. The van der Waals surface area contributed by atoms with Crippen molar-refractivity contribution in [1.29, 1.82) is 0 Å². The van der Waals surface area contributed by atoms with Crippen LogP contribution in [0.1, 0.15) is 39.7 Å². The molecule has 1 aromatic carbocycles. The van der Waals surface area contributed by atoms with Crippen molar-refractivity contribution < 1.29 is 4.79 Å². The highest BCUT2D eigenvalue weighted by Crippen LogP contribution is 2.42. The largest absolute Gasteiger partial charge is 0.360 e. The molecule has 6 nitrogen and oxygen atoms in total. The van der Waals surface area contributed by atoms with Crippen molar-refractivity contribution in [3.63, 3.8) is 0 Å². The number of carbonyl (C=O) groups excluding carboxylic acids is 1. The van der Waals surface area contributed by atoms with Crippen LogP contribution in [0.15, 0.2) is 35.6 Å². The summed E-state index contributed by atoms with van der Waals surface area (Å²) in [5.41, 5.74) is 2.15. The molecule has 1 saturated carbocycles. The zero-order valence-corrected chi connectivity index (χ0v) is 16.0. The average Bonchev–Trinajstić information content (AvgIpc) is 3.22. The molecule has 0 spiro atoms. The Bertz CT molecular complexity index is 940. The van der Waals surface area contributed by atoms with Crippen molar-refractivity contribution in [3.8, 4) is 11.4 Å². The van der Waals surface area contributed by atoms with Gasteiger partial charge < -0.3 is 10.3 Å². The summed E-state index contributed by atoms with van der Waals surface area (Å²) in [6, 6.07) is 8.77. The van der Waals surface area contributed by atoms with Gasteiger partial charge in [-0.05, 0) is 39.7 Å². The van der Waals surface area contributed by atoms with Crippen molar-refractivity contribution in [1.82, 2.24) is 25.1 Å². The summed E-state index contributed by atoms with van der Waals surface area (Å²) < 4.78 is 2.21. The average molecular weight is 369 g/mol. The lowest BCUT2D eigenvalue weighted by Crippen LogP contribution is -2.36. The number of benzene rings is 1. The summed E-state index contributed by atoms with van der Waals surface area (Å²) >= 11 is 1.48. The Balaban J connectivity index is 1.67. The Kier molecular flexibility index (Phi) is 4.48. The highest BCUT2D eigenvalue weighted by molar-refractivity contribution is 8.00. The molecule has 1 aliphatic rings. The molecule has 26 heavy (non-hydrogen) atoms. The van der Waals surface area contributed by atoms with Crippen LogP contribution in [0.2, 0.25) is 0 Å². The molecule has 0 saturated heterocycles. The minimum absolute atomic E-state index is 0.0315. The Morgan fingerprint density at radius 1 is 1.27 bits per heavy atom. The third kappa shape index (κ3) is 3.23. The zero-order chi connectivity index (χ0) is 18.3. The first-order chi connectivity index (χ1) is 12.5. The van der Waals surface area contributed by atoms with E-state index >= 15 is 0 Å². The second kappa shape index (κ2) is 6.79. The highest BCUT2D eigenvalue weighted by atomic mass is 32.2. The number of carbonyl (C=O) groups is 1. The molecule has 2 heterocycles. The molecule has 136 valence electrons. The molecule has 2 N–H and O–H groups in total. The normalized spacial score (nSPS) is 15.5.